The summed E-state index contributed by atoms with van der Waals surface area (Å²) in [5.41, 5.74) is 1.64. The Kier molecular flexibility index (Phi) is 3.28. The average Bonchev–Trinajstić information content (AvgIpc) is 2.03. The van der Waals surface area contributed by atoms with Crippen molar-refractivity contribution >= 4 is 0 Å². The van der Waals surface area contributed by atoms with E-state index in [9.17, 15) is 0 Å². The van der Waals surface area contributed by atoms with Gasteiger partial charge in [-0.1, -0.05) is 37.1 Å². The second-order valence-electron chi connectivity index (χ2n) is 2.90. The highest BCUT2D eigenvalue weighted by Crippen LogP contribution is 2.17. The SMILES string of the molecule is CCCCC1=CC=CCC1. The van der Waals surface area contributed by atoms with Gasteiger partial charge in [0.15, 0.2) is 0 Å². The zero-order valence-electron chi connectivity index (χ0n) is 6.77. The molecule has 0 aromatic heterocycles. The summed E-state index contributed by atoms with van der Waals surface area (Å²) in [5, 5.41) is 0. The van der Waals surface area contributed by atoms with Crippen molar-refractivity contribution in [3.8, 4) is 0 Å². The molecular weight excluding hydrogens is 120 g/mol. The highest BCUT2D eigenvalue weighted by molar-refractivity contribution is 5.17. The van der Waals surface area contributed by atoms with Gasteiger partial charge in [-0.25, -0.2) is 0 Å². The first-order valence-corrected chi connectivity index (χ1v) is 4.28. The predicted octanol–water partition coefficient (Wildman–Crippen LogP) is 3.45. The molecule has 0 spiro atoms. The highest BCUT2D eigenvalue weighted by Gasteiger charge is 1.97. The summed E-state index contributed by atoms with van der Waals surface area (Å²) < 4.78 is 0. The van der Waals surface area contributed by atoms with E-state index in [-0.39, 0.29) is 0 Å². The Morgan fingerprint density at radius 3 is 3.00 bits per heavy atom. The lowest BCUT2D eigenvalue weighted by atomic mass is 10.00. The standard InChI is InChI=1S/C10H16/c1-2-3-7-10-8-5-4-6-9-10/h4-5,8H,2-3,6-7,9H2,1H3. The molecule has 0 aromatic carbocycles. The van der Waals surface area contributed by atoms with Crippen LogP contribution in [0.15, 0.2) is 23.8 Å². The first-order valence-electron chi connectivity index (χ1n) is 4.28. The van der Waals surface area contributed by atoms with Crippen molar-refractivity contribution in [2.75, 3.05) is 0 Å². The molecule has 0 amide bonds. The largest absolute Gasteiger partial charge is 0.0842 e. The molecule has 0 bridgehead atoms. The van der Waals surface area contributed by atoms with E-state index in [0.717, 1.165) is 0 Å². The van der Waals surface area contributed by atoms with E-state index >= 15 is 0 Å². The molecule has 0 nitrogen and oxygen atoms in total. The quantitative estimate of drug-likeness (QED) is 0.557. The van der Waals surface area contributed by atoms with Gasteiger partial charge in [0.25, 0.3) is 0 Å². The zero-order chi connectivity index (χ0) is 7.23. The molecule has 0 heterocycles. The summed E-state index contributed by atoms with van der Waals surface area (Å²) in [7, 11) is 0. The lowest BCUT2D eigenvalue weighted by molar-refractivity contribution is 0.750. The minimum atomic E-state index is 1.26. The van der Waals surface area contributed by atoms with Crippen LogP contribution >= 0.6 is 0 Å². The lowest BCUT2D eigenvalue weighted by Crippen LogP contribution is -1.86. The van der Waals surface area contributed by atoms with Gasteiger partial charge in [-0.15, -0.1) is 0 Å². The van der Waals surface area contributed by atoms with Crippen LogP contribution in [0.4, 0.5) is 0 Å². The van der Waals surface area contributed by atoms with Crippen LogP contribution in [-0.4, -0.2) is 0 Å². The van der Waals surface area contributed by atoms with Gasteiger partial charge in [-0.05, 0) is 25.7 Å². The molecule has 0 heteroatoms. The molecule has 0 saturated heterocycles. The van der Waals surface area contributed by atoms with Crippen LogP contribution in [0.2, 0.25) is 0 Å². The lowest BCUT2D eigenvalue weighted by Gasteiger charge is -2.06. The third-order valence-electron chi connectivity index (χ3n) is 1.95. The smallest absolute Gasteiger partial charge is 0.0282 e. The summed E-state index contributed by atoms with van der Waals surface area (Å²) in [5.74, 6) is 0. The van der Waals surface area contributed by atoms with Crippen LogP contribution in [-0.2, 0) is 0 Å². The topological polar surface area (TPSA) is 0 Å². The molecule has 0 saturated carbocycles. The van der Waals surface area contributed by atoms with E-state index in [0.29, 0.717) is 0 Å². The first-order chi connectivity index (χ1) is 4.93. The molecule has 0 aromatic rings. The van der Waals surface area contributed by atoms with Crippen molar-refractivity contribution in [1.82, 2.24) is 0 Å². The Morgan fingerprint density at radius 1 is 1.50 bits per heavy atom. The van der Waals surface area contributed by atoms with Crippen LogP contribution in [0.5, 0.6) is 0 Å². The molecule has 0 unspecified atom stereocenters. The number of hydrogen-bond acceptors (Lipinski definition) is 0. The minimum Gasteiger partial charge on any atom is -0.0842 e. The van der Waals surface area contributed by atoms with E-state index in [1.165, 1.54) is 32.1 Å². The van der Waals surface area contributed by atoms with Crippen molar-refractivity contribution in [3.63, 3.8) is 0 Å². The van der Waals surface area contributed by atoms with Crippen LogP contribution in [0.3, 0.4) is 0 Å². The van der Waals surface area contributed by atoms with Gasteiger partial charge in [0, 0.05) is 0 Å². The molecule has 0 aliphatic heterocycles. The summed E-state index contributed by atoms with van der Waals surface area (Å²) in [6, 6.07) is 0. The Hall–Kier alpha value is -0.520. The predicted molar refractivity (Wildman–Crippen MR) is 46.0 cm³/mol. The number of unbranched alkanes of at least 4 members (excludes halogenated alkanes) is 1. The van der Waals surface area contributed by atoms with Crippen molar-refractivity contribution in [2.45, 2.75) is 39.0 Å². The van der Waals surface area contributed by atoms with Gasteiger partial charge in [0.2, 0.25) is 0 Å². The third-order valence-corrected chi connectivity index (χ3v) is 1.95. The van der Waals surface area contributed by atoms with Crippen molar-refractivity contribution in [3.05, 3.63) is 23.8 Å². The third kappa shape index (κ3) is 2.38. The molecule has 0 atom stereocenters. The molecule has 10 heavy (non-hydrogen) atoms. The second kappa shape index (κ2) is 4.32. The van der Waals surface area contributed by atoms with Gasteiger partial charge in [-0.3, -0.25) is 0 Å². The number of allylic oxidation sites excluding steroid dienone is 4. The van der Waals surface area contributed by atoms with Crippen molar-refractivity contribution in [2.24, 2.45) is 0 Å². The Labute approximate surface area is 63.6 Å². The van der Waals surface area contributed by atoms with E-state index in [1.807, 2.05) is 0 Å². The molecule has 1 aliphatic carbocycles. The fourth-order valence-corrected chi connectivity index (χ4v) is 1.26. The number of rotatable bonds is 3. The van der Waals surface area contributed by atoms with Gasteiger partial charge in [-0.2, -0.15) is 0 Å². The Morgan fingerprint density at radius 2 is 2.40 bits per heavy atom. The monoisotopic (exact) mass is 136 g/mol. The van der Waals surface area contributed by atoms with Crippen molar-refractivity contribution in [1.29, 1.82) is 0 Å². The minimum absolute atomic E-state index is 1.26. The molecule has 1 aliphatic rings. The first kappa shape index (κ1) is 7.59. The highest BCUT2D eigenvalue weighted by atomic mass is 14.0. The normalized spacial score (nSPS) is 17.1. The van der Waals surface area contributed by atoms with Crippen LogP contribution in [0.1, 0.15) is 39.0 Å². The summed E-state index contributed by atoms with van der Waals surface area (Å²) in [6.45, 7) is 2.25. The maximum Gasteiger partial charge on any atom is -0.0282 e. The van der Waals surface area contributed by atoms with Gasteiger partial charge in [0.1, 0.15) is 0 Å². The maximum absolute atomic E-state index is 2.28. The summed E-state index contributed by atoms with van der Waals surface area (Å²) in [4.78, 5) is 0. The van der Waals surface area contributed by atoms with Crippen LogP contribution in [0, 0.1) is 0 Å². The second-order valence-corrected chi connectivity index (χ2v) is 2.90. The summed E-state index contributed by atoms with van der Waals surface area (Å²) >= 11 is 0. The van der Waals surface area contributed by atoms with Gasteiger partial charge < -0.3 is 0 Å². The molecule has 56 valence electrons. The summed E-state index contributed by atoms with van der Waals surface area (Å²) in [6.07, 6.45) is 13.3. The average molecular weight is 136 g/mol. The molecule has 0 N–H and O–H groups in total. The molecule has 0 fully saturated rings. The number of hydrogen-bond donors (Lipinski definition) is 0. The molecular formula is C10H16. The molecule has 1 rings (SSSR count). The fraction of sp³-hybridized carbons (Fsp3) is 0.600. The van der Waals surface area contributed by atoms with E-state index < -0.39 is 0 Å². The van der Waals surface area contributed by atoms with Crippen molar-refractivity contribution < 1.29 is 0 Å². The van der Waals surface area contributed by atoms with E-state index in [2.05, 4.69) is 25.2 Å². The van der Waals surface area contributed by atoms with E-state index in [4.69, 9.17) is 0 Å². The Bertz CT molecular complexity index is 140. The maximum atomic E-state index is 2.28. The Balaban J connectivity index is 2.25. The van der Waals surface area contributed by atoms with Crippen LogP contribution in [0.25, 0.3) is 0 Å². The van der Waals surface area contributed by atoms with E-state index in [1.54, 1.807) is 5.57 Å². The zero-order valence-corrected chi connectivity index (χ0v) is 6.77. The van der Waals surface area contributed by atoms with Gasteiger partial charge >= 0.3 is 0 Å². The van der Waals surface area contributed by atoms with Gasteiger partial charge in [0.05, 0.1) is 0 Å². The van der Waals surface area contributed by atoms with Crippen LogP contribution < -0.4 is 0 Å². The fourth-order valence-electron chi connectivity index (χ4n) is 1.26. The molecule has 0 radical (unpaired) electrons.